The molecule has 25 heavy (non-hydrogen) atoms. The molecule has 2 aliphatic rings. The molecule has 2 aromatic heterocycles. The van der Waals surface area contributed by atoms with Gasteiger partial charge < -0.3 is 4.90 Å². The first-order valence-electron chi connectivity index (χ1n) is 8.92. The average Bonchev–Trinajstić information content (AvgIpc) is 3.23. The molecule has 0 unspecified atom stereocenters. The van der Waals surface area contributed by atoms with Crippen LogP contribution in [0.5, 0.6) is 0 Å². The lowest BCUT2D eigenvalue weighted by Crippen LogP contribution is -2.22. The molecule has 2 fully saturated rings. The third kappa shape index (κ3) is 4.23. The van der Waals surface area contributed by atoms with Crippen LogP contribution in [0.1, 0.15) is 48.9 Å². The van der Waals surface area contributed by atoms with Crippen LogP contribution in [-0.2, 0) is 4.79 Å². The molecule has 0 saturated carbocycles. The summed E-state index contributed by atoms with van der Waals surface area (Å²) in [6.07, 6.45) is 11.6. The highest BCUT2D eigenvalue weighted by molar-refractivity contribution is 5.78. The van der Waals surface area contributed by atoms with Crippen molar-refractivity contribution in [3.8, 4) is 0 Å². The minimum absolute atomic E-state index is 0.230. The zero-order valence-electron chi connectivity index (χ0n) is 15.0. The number of hydrogen-bond acceptors (Lipinski definition) is 4. The molecule has 5 heteroatoms. The van der Waals surface area contributed by atoms with E-state index < -0.39 is 0 Å². The molecule has 0 aromatic carbocycles. The molecule has 0 N–H and O–H groups in total. The van der Waals surface area contributed by atoms with Gasteiger partial charge in [0.15, 0.2) is 0 Å². The summed E-state index contributed by atoms with van der Waals surface area (Å²) in [6.45, 7) is 1.22. The first kappa shape index (κ1) is 17.5. The Bertz CT molecular complexity index is 677. The van der Waals surface area contributed by atoms with Crippen molar-refractivity contribution in [2.45, 2.75) is 37.8 Å². The first-order chi connectivity index (χ1) is 12.2. The van der Waals surface area contributed by atoms with Crippen LogP contribution in [0.2, 0.25) is 0 Å². The van der Waals surface area contributed by atoms with Gasteiger partial charge in [-0.25, -0.2) is 0 Å². The van der Waals surface area contributed by atoms with Gasteiger partial charge in [-0.2, -0.15) is 0 Å². The van der Waals surface area contributed by atoms with Crippen LogP contribution >= 0.6 is 0 Å². The minimum atomic E-state index is 0.230. The molecule has 0 radical (unpaired) electrons. The predicted octanol–water partition coefficient (Wildman–Crippen LogP) is 3.22. The van der Waals surface area contributed by atoms with Crippen LogP contribution in [0.3, 0.4) is 0 Å². The van der Waals surface area contributed by atoms with Gasteiger partial charge in [0.05, 0.1) is 6.04 Å². The Morgan fingerprint density at radius 1 is 0.960 bits per heavy atom. The van der Waals surface area contributed by atoms with Crippen LogP contribution in [0.15, 0.2) is 49.1 Å². The molecule has 0 bridgehead atoms. The van der Waals surface area contributed by atoms with Crippen molar-refractivity contribution in [3.63, 3.8) is 0 Å². The Morgan fingerprint density at radius 3 is 2.04 bits per heavy atom. The van der Waals surface area contributed by atoms with Crippen LogP contribution in [0.25, 0.3) is 0 Å². The lowest BCUT2D eigenvalue weighted by atomic mass is 10.1. The summed E-state index contributed by atoms with van der Waals surface area (Å²) in [5, 5.41) is 0. The topological polar surface area (TPSA) is 49.3 Å². The zero-order chi connectivity index (χ0) is 17.6. The largest absolute Gasteiger partial charge is 0.339 e. The van der Waals surface area contributed by atoms with E-state index in [1.807, 2.05) is 43.8 Å². The maximum atomic E-state index is 11.3. The van der Waals surface area contributed by atoms with Crippen molar-refractivity contribution in [2.24, 2.45) is 0 Å². The molecule has 132 valence electrons. The molecule has 4 heterocycles. The van der Waals surface area contributed by atoms with Crippen molar-refractivity contribution in [1.82, 2.24) is 19.8 Å². The number of rotatable bonds is 2. The van der Waals surface area contributed by atoms with Gasteiger partial charge in [-0.05, 0) is 56.1 Å². The van der Waals surface area contributed by atoms with E-state index in [1.54, 1.807) is 11.1 Å². The molecule has 2 saturated heterocycles. The lowest BCUT2D eigenvalue weighted by molar-refractivity contribution is -0.127. The van der Waals surface area contributed by atoms with Gasteiger partial charge in [-0.1, -0.05) is 12.1 Å². The van der Waals surface area contributed by atoms with E-state index in [-0.39, 0.29) is 11.9 Å². The fraction of sp³-hybridized carbons (Fsp3) is 0.450. The van der Waals surface area contributed by atoms with E-state index in [9.17, 15) is 4.79 Å². The summed E-state index contributed by atoms with van der Waals surface area (Å²) in [5.41, 5.74) is 2.49. The van der Waals surface area contributed by atoms with Gasteiger partial charge in [-0.15, -0.1) is 0 Å². The standard InChI is InChI=1S/C10H12N2O.C10H14N2/c1-12-9(4-5-10(12)13)8-3-2-6-11-7-8;1-12-7-3-5-10(12)9-4-2-6-11-8-9/h2-3,6-7,9H,4-5H2,1H3;2,4,6,8,10H,3,5,7H2,1H3/t9-;10-/m00/s1. The van der Waals surface area contributed by atoms with E-state index >= 15 is 0 Å². The van der Waals surface area contributed by atoms with Crippen LogP contribution < -0.4 is 0 Å². The van der Waals surface area contributed by atoms with Crippen LogP contribution in [-0.4, -0.2) is 46.3 Å². The maximum Gasteiger partial charge on any atom is 0.222 e. The maximum absolute atomic E-state index is 11.3. The van der Waals surface area contributed by atoms with Crippen LogP contribution in [0, 0.1) is 0 Å². The van der Waals surface area contributed by atoms with E-state index in [4.69, 9.17) is 0 Å². The number of pyridine rings is 2. The third-order valence-electron chi connectivity index (χ3n) is 5.15. The summed E-state index contributed by atoms with van der Waals surface area (Å²) in [6, 6.07) is 8.96. The second-order valence-corrected chi connectivity index (χ2v) is 6.77. The smallest absolute Gasteiger partial charge is 0.222 e. The van der Waals surface area contributed by atoms with Crippen molar-refractivity contribution in [3.05, 3.63) is 60.2 Å². The molecule has 0 spiro atoms. The molecule has 5 nitrogen and oxygen atoms in total. The van der Waals surface area contributed by atoms with Gasteiger partial charge in [0, 0.05) is 44.3 Å². The van der Waals surface area contributed by atoms with Gasteiger partial charge in [0.1, 0.15) is 0 Å². The van der Waals surface area contributed by atoms with Gasteiger partial charge in [-0.3, -0.25) is 19.7 Å². The molecule has 0 aliphatic carbocycles. The fourth-order valence-corrected chi connectivity index (χ4v) is 3.67. The number of likely N-dealkylation sites (tertiary alicyclic amines) is 2. The second-order valence-electron chi connectivity index (χ2n) is 6.77. The number of aromatic nitrogens is 2. The zero-order valence-corrected chi connectivity index (χ0v) is 15.0. The van der Waals surface area contributed by atoms with Crippen molar-refractivity contribution >= 4 is 5.91 Å². The number of carbonyl (C=O) groups excluding carboxylic acids is 1. The predicted molar refractivity (Wildman–Crippen MR) is 97.8 cm³/mol. The molecular weight excluding hydrogens is 312 g/mol. The Morgan fingerprint density at radius 2 is 1.60 bits per heavy atom. The summed E-state index contributed by atoms with van der Waals surface area (Å²) < 4.78 is 0. The van der Waals surface area contributed by atoms with E-state index in [0.717, 1.165) is 12.0 Å². The second kappa shape index (κ2) is 8.21. The Kier molecular flexibility index (Phi) is 5.76. The normalized spacial score (nSPS) is 23.4. The Hall–Kier alpha value is -2.27. The summed E-state index contributed by atoms with van der Waals surface area (Å²) >= 11 is 0. The van der Waals surface area contributed by atoms with Gasteiger partial charge in [0.2, 0.25) is 5.91 Å². The Balaban J connectivity index is 0.000000146. The number of nitrogens with zero attached hydrogens (tertiary/aromatic N) is 4. The van der Waals surface area contributed by atoms with Gasteiger partial charge in [0.25, 0.3) is 0 Å². The highest BCUT2D eigenvalue weighted by Gasteiger charge is 2.28. The molecule has 2 aromatic rings. The van der Waals surface area contributed by atoms with E-state index in [2.05, 4.69) is 28.0 Å². The summed E-state index contributed by atoms with van der Waals surface area (Å²) in [7, 11) is 4.04. The quantitative estimate of drug-likeness (QED) is 0.843. The minimum Gasteiger partial charge on any atom is -0.339 e. The fourth-order valence-electron chi connectivity index (χ4n) is 3.67. The average molecular weight is 338 g/mol. The highest BCUT2D eigenvalue weighted by Crippen LogP contribution is 2.30. The molecular formula is C20H26N4O. The molecule has 2 aliphatic heterocycles. The molecule has 2 atom stereocenters. The highest BCUT2D eigenvalue weighted by atomic mass is 16.2. The monoisotopic (exact) mass is 338 g/mol. The number of amides is 1. The van der Waals surface area contributed by atoms with Crippen molar-refractivity contribution in [1.29, 1.82) is 0 Å². The lowest BCUT2D eigenvalue weighted by Gasteiger charge is -2.19. The van der Waals surface area contributed by atoms with Crippen molar-refractivity contribution in [2.75, 3.05) is 20.6 Å². The summed E-state index contributed by atoms with van der Waals surface area (Å²) in [5.74, 6) is 0.230. The van der Waals surface area contributed by atoms with Crippen LogP contribution in [0.4, 0.5) is 0 Å². The number of hydrogen-bond donors (Lipinski definition) is 0. The molecule has 1 amide bonds. The molecule has 4 rings (SSSR count). The van der Waals surface area contributed by atoms with Gasteiger partial charge >= 0.3 is 0 Å². The number of carbonyl (C=O) groups is 1. The summed E-state index contributed by atoms with van der Waals surface area (Å²) in [4.78, 5) is 23.7. The SMILES string of the molecule is CN1C(=O)CC[C@H]1c1cccnc1.CN1CCC[C@H]1c1cccnc1. The van der Waals surface area contributed by atoms with Crippen molar-refractivity contribution < 1.29 is 4.79 Å². The van der Waals surface area contributed by atoms with E-state index in [0.29, 0.717) is 12.5 Å². The Labute approximate surface area is 149 Å². The third-order valence-corrected chi connectivity index (χ3v) is 5.15. The van der Waals surface area contributed by atoms with E-state index in [1.165, 1.54) is 24.9 Å². The first-order valence-corrected chi connectivity index (χ1v) is 8.92.